The van der Waals surface area contributed by atoms with Crippen LogP contribution in [0.5, 0.6) is 0 Å². The van der Waals surface area contributed by atoms with E-state index in [1.54, 1.807) is 7.11 Å². The lowest BCUT2D eigenvalue weighted by Gasteiger charge is -2.31. The number of thioether (sulfide) groups is 1. The summed E-state index contributed by atoms with van der Waals surface area (Å²) in [6.45, 7) is 18.0. The van der Waals surface area contributed by atoms with E-state index in [0.717, 1.165) is 21.5 Å². The lowest BCUT2D eigenvalue weighted by molar-refractivity contribution is -0.153. The molecule has 1 heterocycles. The lowest BCUT2D eigenvalue weighted by Crippen LogP contribution is -2.30. The van der Waals surface area contributed by atoms with Gasteiger partial charge >= 0.3 is 5.97 Å². The van der Waals surface area contributed by atoms with Gasteiger partial charge in [-0.25, -0.2) is 0 Å². The molecule has 0 fully saturated rings. The van der Waals surface area contributed by atoms with Crippen LogP contribution in [0, 0.1) is 11.3 Å². The van der Waals surface area contributed by atoms with Gasteiger partial charge < -0.3 is 14.4 Å². The Hall–Kier alpha value is -1.92. The summed E-state index contributed by atoms with van der Waals surface area (Å²) in [7, 11) is 1.69. The fourth-order valence-electron chi connectivity index (χ4n) is 4.28. The zero-order valence-electron chi connectivity index (χ0n) is 21.3. The topological polar surface area (TPSA) is 38.8 Å². The van der Waals surface area contributed by atoms with Crippen molar-refractivity contribution in [3.05, 3.63) is 80.7 Å². The van der Waals surface area contributed by atoms with Gasteiger partial charge in [0.1, 0.15) is 5.76 Å². The molecule has 2 aliphatic rings. The first-order chi connectivity index (χ1) is 15.9. The van der Waals surface area contributed by atoms with Crippen LogP contribution in [0.1, 0.15) is 53.5 Å². The van der Waals surface area contributed by atoms with Gasteiger partial charge in [-0.05, 0) is 50.6 Å². The van der Waals surface area contributed by atoms with Crippen molar-refractivity contribution in [2.24, 2.45) is 11.3 Å². The third kappa shape index (κ3) is 5.83. The third-order valence-corrected chi connectivity index (χ3v) is 7.71. The molecule has 1 aliphatic heterocycles. The second-order valence-electron chi connectivity index (χ2n) is 10.3. The number of esters is 1. The molecule has 34 heavy (non-hydrogen) atoms. The normalized spacial score (nSPS) is 18.5. The van der Waals surface area contributed by atoms with Crippen LogP contribution in [0.3, 0.4) is 0 Å². The molecule has 0 bridgehead atoms. The first-order valence-electron chi connectivity index (χ1n) is 11.6. The Balaban J connectivity index is 2.15. The van der Waals surface area contributed by atoms with Crippen molar-refractivity contribution in [3.63, 3.8) is 0 Å². The largest absolute Gasteiger partial charge is 0.496 e. The number of hydrogen-bond acceptors (Lipinski definition) is 5. The Morgan fingerprint density at radius 3 is 2.35 bits per heavy atom. The molecule has 1 unspecified atom stereocenters. The van der Waals surface area contributed by atoms with Crippen LogP contribution in [0.15, 0.2) is 75.1 Å². The Labute approximate surface area is 217 Å². The maximum Gasteiger partial charge on any atom is 0.311 e. The molecule has 184 valence electrons. The molecule has 0 spiro atoms. The smallest absolute Gasteiger partial charge is 0.311 e. The number of nitrogens with zero attached hydrogens (tertiary/aromatic N) is 1. The molecule has 1 aromatic carbocycles. The summed E-state index contributed by atoms with van der Waals surface area (Å²) in [4.78, 5) is 16.5. The number of methoxy groups -OCH3 is 1. The van der Waals surface area contributed by atoms with Gasteiger partial charge in [0, 0.05) is 44.1 Å². The van der Waals surface area contributed by atoms with Crippen LogP contribution in [0.2, 0.25) is 0 Å². The van der Waals surface area contributed by atoms with Gasteiger partial charge in [-0.3, -0.25) is 4.79 Å². The maximum atomic E-state index is 12.9. The molecule has 0 saturated heterocycles. The second kappa shape index (κ2) is 10.4. The number of ether oxygens (including phenoxy) is 2. The lowest BCUT2D eigenvalue weighted by atomic mass is 9.87. The number of hydrogen-bond donors (Lipinski definition) is 0. The van der Waals surface area contributed by atoms with Crippen molar-refractivity contribution in [2.45, 2.75) is 59.3 Å². The summed E-state index contributed by atoms with van der Waals surface area (Å²) in [5.41, 5.74) is 3.82. The summed E-state index contributed by atoms with van der Waals surface area (Å²) in [6, 6.07) is 8.40. The van der Waals surface area contributed by atoms with Crippen LogP contribution >= 0.6 is 27.7 Å². The minimum atomic E-state index is -0.667. The summed E-state index contributed by atoms with van der Waals surface area (Å²) < 4.78 is 12.1. The van der Waals surface area contributed by atoms with E-state index in [9.17, 15) is 4.79 Å². The van der Waals surface area contributed by atoms with Crippen molar-refractivity contribution >= 4 is 33.7 Å². The average Bonchev–Trinajstić information content (AvgIpc) is 3.01. The number of allylic oxidation sites excluding steroid dienone is 5. The second-order valence-corrected chi connectivity index (χ2v) is 13.1. The van der Waals surface area contributed by atoms with Gasteiger partial charge in [-0.1, -0.05) is 55.4 Å². The summed E-state index contributed by atoms with van der Waals surface area (Å²) in [5, 5.41) is 0. The van der Waals surface area contributed by atoms with Gasteiger partial charge in [0.25, 0.3) is 0 Å². The zero-order chi connectivity index (χ0) is 25.3. The molecule has 1 atom stereocenters. The fraction of sp³-hybridized carbons (Fsp3) is 0.464. The van der Waals surface area contributed by atoms with Gasteiger partial charge in [0.15, 0.2) is 0 Å². The first kappa shape index (κ1) is 26.7. The molecule has 1 aromatic rings. The van der Waals surface area contributed by atoms with E-state index in [1.807, 2.05) is 38.6 Å². The number of carbonyl (C=O) groups is 1. The summed E-state index contributed by atoms with van der Waals surface area (Å²) in [5.74, 6) is 0.632. The molecule has 0 N–H and O–H groups in total. The molecule has 0 aromatic heterocycles. The minimum absolute atomic E-state index is 0.00705. The molecule has 6 heteroatoms. The van der Waals surface area contributed by atoms with Crippen LogP contribution in [-0.4, -0.2) is 29.3 Å². The maximum absolute atomic E-state index is 12.9. The van der Waals surface area contributed by atoms with Crippen LogP contribution in [0.4, 0.5) is 0 Å². The SMILES string of the molecule is C=C1C(OC)=CC=C2C1C(SC(C)(C)C)=C(CC(C)(C)C(=O)OCC)N2Cc1ccc(Br)cc1. The zero-order valence-corrected chi connectivity index (χ0v) is 23.7. The molecular weight excluding hydrogens is 510 g/mol. The number of benzene rings is 1. The Morgan fingerprint density at radius 1 is 1.15 bits per heavy atom. The van der Waals surface area contributed by atoms with E-state index in [-0.39, 0.29) is 16.6 Å². The Kier molecular flexibility index (Phi) is 8.14. The number of fused-ring (bicyclic) bond motifs is 1. The molecule has 0 saturated carbocycles. The van der Waals surface area contributed by atoms with E-state index in [4.69, 9.17) is 9.47 Å². The quantitative estimate of drug-likeness (QED) is 0.314. The Morgan fingerprint density at radius 2 is 1.79 bits per heavy atom. The summed E-state index contributed by atoms with van der Waals surface area (Å²) in [6.07, 6.45) is 4.72. The van der Waals surface area contributed by atoms with E-state index in [2.05, 4.69) is 78.5 Å². The van der Waals surface area contributed by atoms with Crippen LogP contribution in [0.25, 0.3) is 0 Å². The van der Waals surface area contributed by atoms with Crippen molar-refractivity contribution < 1.29 is 14.3 Å². The highest BCUT2D eigenvalue weighted by Gasteiger charge is 2.44. The van der Waals surface area contributed by atoms with E-state index in [1.165, 1.54) is 16.2 Å². The molecule has 4 nitrogen and oxygen atoms in total. The minimum Gasteiger partial charge on any atom is -0.496 e. The number of carbonyl (C=O) groups excluding carboxylic acids is 1. The fourth-order valence-corrected chi connectivity index (χ4v) is 5.89. The highest BCUT2D eigenvalue weighted by atomic mass is 79.9. The monoisotopic (exact) mass is 545 g/mol. The molecule has 3 rings (SSSR count). The average molecular weight is 547 g/mol. The predicted octanol–water partition coefficient (Wildman–Crippen LogP) is 7.59. The van der Waals surface area contributed by atoms with E-state index < -0.39 is 5.41 Å². The summed E-state index contributed by atoms with van der Waals surface area (Å²) >= 11 is 5.39. The Bertz CT molecular complexity index is 1040. The number of halogens is 1. The van der Waals surface area contributed by atoms with Crippen molar-refractivity contribution in [1.29, 1.82) is 0 Å². The van der Waals surface area contributed by atoms with Gasteiger partial charge in [-0.15, -0.1) is 11.8 Å². The van der Waals surface area contributed by atoms with Gasteiger partial charge in [-0.2, -0.15) is 0 Å². The molecule has 1 aliphatic carbocycles. The van der Waals surface area contributed by atoms with Gasteiger partial charge in [0.05, 0.1) is 25.0 Å². The standard InChI is InChI=1S/C28H36BrNO3S/c1-9-33-26(31)28(6,7)16-22-25(34-27(3,4)5)24-18(2)23(32-8)15-14-21(24)30(22)17-19-10-12-20(29)13-11-19/h10-15,24H,2,9,16-17H2,1,3-8H3. The van der Waals surface area contributed by atoms with E-state index >= 15 is 0 Å². The molecule has 0 radical (unpaired) electrons. The van der Waals surface area contributed by atoms with E-state index in [0.29, 0.717) is 19.6 Å². The third-order valence-electron chi connectivity index (χ3n) is 5.88. The molecular formula is C28H36BrNO3S. The first-order valence-corrected chi connectivity index (χ1v) is 13.2. The van der Waals surface area contributed by atoms with Crippen molar-refractivity contribution in [3.8, 4) is 0 Å². The van der Waals surface area contributed by atoms with Crippen LogP contribution < -0.4 is 0 Å². The van der Waals surface area contributed by atoms with Gasteiger partial charge in [0.2, 0.25) is 0 Å². The molecule has 0 amide bonds. The predicted molar refractivity (Wildman–Crippen MR) is 145 cm³/mol. The highest BCUT2D eigenvalue weighted by molar-refractivity contribution is 9.10. The van der Waals surface area contributed by atoms with Crippen molar-refractivity contribution in [2.75, 3.05) is 13.7 Å². The number of rotatable bonds is 8. The highest BCUT2D eigenvalue weighted by Crippen LogP contribution is 2.54. The van der Waals surface area contributed by atoms with Crippen LogP contribution in [-0.2, 0) is 20.8 Å². The van der Waals surface area contributed by atoms with Crippen molar-refractivity contribution in [1.82, 2.24) is 4.90 Å².